The summed E-state index contributed by atoms with van der Waals surface area (Å²) in [7, 11) is 0. The molecular formula is C17H18N4O2. The van der Waals surface area contributed by atoms with Crippen LogP contribution in [0.15, 0.2) is 48.5 Å². The third kappa shape index (κ3) is 4.14. The molecule has 23 heavy (non-hydrogen) atoms. The van der Waals surface area contributed by atoms with Crippen molar-refractivity contribution < 1.29 is 9.53 Å². The summed E-state index contributed by atoms with van der Waals surface area (Å²) in [5.74, 6) is -0.113. The van der Waals surface area contributed by atoms with Crippen LogP contribution in [0.2, 0.25) is 0 Å². The van der Waals surface area contributed by atoms with Crippen LogP contribution in [-0.4, -0.2) is 34.5 Å². The molecule has 0 bridgehead atoms. The average molecular weight is 310 g/mol. The molecule has 0 atom stereocenters. The van der Waals surface area contributed by atoms with E-state index in [-0.39, 0.29) is 5.91 Å². The Labute approximate surface area is 133 Å². The third-order valence-electron chi connectivity index (χ3n) is 3.44. The zero-order chi connectivity index (χ0) is 15.9. The number of rotatable bonds is 7. The molecule has 0 saturated heterocycles. The molecule has 3 aromatic rings. The molecule has 1 aromatic heterocycles. The number of hydrogen-bond acceptors (Lipinski definition) is 4. The summed E-state index contributed by atoms with van der Waals surface area (Å²) in [6.07, 6.45) is 0.769. The molecule has 3 rings (SSSR count). The number of nitrogens with one attached hydrogen (secondary N) is 2. The lowest BCUT2D eigenvalue weighted by atomic mass is 10.2. The van der Waals surface area contributed by atoms with Crippen LogP contribution in [-0.2, 0) is 11.3 Å². The fraction of sp³-hybridized carbons (Fsp3) is 0.235. The van der Waals surface area contributed by atoms with Crippen LogP contribution in [0.25, 0.3) is 11.0 Å². The molecule has 0 aliphatic heterocycles. The smallest absolute Gasteiger partial charge is 0.251 e. The lowest BCUT2D eigenvalue weighted by Crippen LogP contribution is -2.25. The Kier molecular flexibility index (Phi) is 4.95. The molecule has 0 aliphatic carbocycles. The maximum Gasteiger partial charge on any atom is 0.251 e. The fourth-order valence-electron chi connectivity index (χ4n) is 2.22. The van der Waals surface area contributed by atoms with E-state index in [4.69, 9.17) is 4.74 Å². The molecule has 0 radical (unpaired) electrons. The molecule has 118 valence electrons. The summed E-state index contributed by atoms with van der Waals surface area (Å²) >= 11 is 0. The number of hydrogen-bond donors (Lipinski definition) is 2. The molecule has 0 aliphatic rings. The maximum absolute atomic E-state index is 12.1. The Morgan fingerprint density at radius 2 is 1.91 bits per heavy atom. The zero-order valence-corrected chi connectivity index (χ0v) is 12.7. The van der Waals surface area contributed by atoms with Gasteiger partial charge < -0.3 is 10.1 Å². The Hall–Kier alpha value is -2.73. The summed E-state index contributed by atoms with van der Waals surface area (Å²) in [4.78, 5) is 12.1. The first kappa shape index (κ1) is 15.2. The van der Waals surface area contributed by atoms with Crippen molar-refractivity contribution in [3.05, 3.63) is 59.7 Å². The second-order valence-corrected chi connectivity index (χ2v) is 5.17. The van der Waals surface area contributed by atoms with Crippen molar-refractivity contribution >= 4 is 16.9 Å². The molecule has 0 unspecified atom stereocenters. The summed E-state index contributed by atoms with van der Waals surface area (Å²) in [5, 5.41) is 13.3. The van der Waals surface area contributed by atoms with Crippen molar-refractivity contribution in [2.75, 3.05) is 13.2 Å². The number of carbonyl (C=O) groups excluding carboxylic acids is 1. The highest BCUT2D eigenvalue weighted by Crippen LogP contribution is 2.10. The van der Waals surface area contributed by atoms with E-state index in [1.807, 2.05) is 30.3 Å². The molecule has 1 heterocycles. The van der Waals surface area contributed by atoms with Gasteiger partial charge in [0, 0.05) is 18.7 Å². The fourth-order valence-corrected chi connectivity index (χ4v) is 2.22. The lowest BCUT2D eigenvalue weighted by Gasteiger charge is -2.06. The monoisotopic (exact) mass is 310 g/mol. The predicted octanol–water partition coefficient (Wildman–Crippen LogP) is 2.29. The Balaban J connectivity index is 1.37. The highest BCUT2D eigenvalue weighted by molar-refractivity contribution is 5.97. The quantitative estimate of drug-likeness (QED) is 0.656. The minimum atomic E-state index is -0.113. The summed E-state index contributed by atoms with van der Waals surface area (Å²) < 4.78 is 5.58. The van der Waals surface area contributed by atoms with Gasteiger partial charge >= 0.3 is 0 Å². The number of benzene rings is 2. The largest absolute Gasteiger partial charge is 0.377 e. The van der Waals surface area contributed by atoms with Gasteiger partial charge in [-0.1, -0.05) is 30.3 Å². The molecule has 6 nitrogen and oxygen atoms in total. The minimum Gasteiger partial charge on any atom is -0.377 e. The molecule has 0 spiro atoms. The normalized spacial score (nSPS) is 10.8. The zero-order valence-electron chi connectivity index (χ0n) is 12.7. The molecule has 2 N–H and O–H groups in total. The van der Waals surface area contributed by atoms with Gasteiger partial charge in [-0.25, -0.2) is 0 Å². The average Bonchev–Trinajstić information content (AvgIpc) is 3.06. The minimum absolute atomic E-state index is 0.113. The van der Waals surface area contributed by atoms with Crippen LogP contribution in [0.4, 0.5) is 0 Å². The third-order valence-corrected chi connectivity index (χ3v) is 3.44. The van der Waals surface area contributed by atoms with E-state index >= 15 is 0 Å². The van der Waals surface area contributed by atoms with Crippen molar-refractivity contribution in [2.24, 2.45) is 0 Å². The van der Waals surface area contributed by atoms with Gasteiger partial charge in [0.05, 0.1) is 6.61 Å². The highest BCUT2D eigenvalue weighted by Gasteiger charge is 2.07. The van der Waals surface area contributed by atoms with Crippen LogP contribution in [0.3, 0.4) is 0 Å². The van der Waals surface area contributed by atoms with E-state index in [9.17, 15) is 4.79 Å². The molecule has 2 aromatic carbocycles. The Morgan fingerprint density at radius 1 is 1.09 bits per heavy atom. The predicted molar refractivity (Wildman–Crippen MR) is 86.9 cm³/mol. The number of aromatic nitrogens is 3. The molecular weight excluding hydrogens is 292 g/mol. The van der Waals surface area contributed by atoms with E-state index in [1.165, 1.54) is 0 Å². The second-order valence-electron chi connectivity index (χ2n) is 5.17. The van der Waals surface area contributed by atoms with E-state index in [0.29, 0.717) is 30.8 Å². The van der Waals surface area contributed by atoms with E-state index in [0.717, 1.165) is 17.5 Å². The van der Waals surface area contributed by atoms with Crippen LogP contribution in [0.1, 0.15) is 22.3 Å². The summed E-state index contributed by atoms with van der Waals surface area (Å²) in [6.45, 7) is 1.78. The van der Waals surface area contributed by atoms with E-state index in [1.54, 1.807) is 18.2 Å². The van der Waals surface area contributed by atoms with Gasteiger partial charge in [-0.3, -0.25) is 4.79 Å². The molecule has 0 saturated carbocycles. The number of H-pyrrole nitrogens is 1. The highest BCUT2D eigenvalue weighted by atomic mass is 16.5. The van der Waals surface area contributed by atoms with E-state index < -0.39 is 0 Å². The number of carbonyl (C=O) groups is 1. The summed E-state index contributed by atoms with van der Waals surface area (Å²) in [6, 6.07) is 15.3. The Bertz CT molecular complexity index is 770. The van der Waals surface area contributed by atoms with Crippen molar-refractivity contribution in [3.63, 3.8) is 0 Å². The topological polar surface area (TPSA) is 79.9 Å². The number of aromatic amines is 1. The van der Waals surface area contributed by atoms with E-state index in [2.05, 4.69) is 20.7 Å². The first-order valence-electron chi connectivity index (χ1n) is 7.53. The van der Waals surface area contributed by atoms with Crippen LogP contribution >= 0.6 is 0 Å². The van der Waals surface area contributed by atoms with Crippen molar-refractivity contribution in [3.8, 4) is 0 Å². The van der Waals surface area contributed by atoms with Gasteiger partial charge in [0.2, 0.25) is 0 Å². The number of amides is 1. The Morgan fingerprint density at radius 3 is 2.78 bits per heavy atom. The number of fused-ring (bicyclic) bond motifs is 1. The van der Waals surface area contributed by atoms with Crippen LogP contribution < -0.4 is 5.32 Å². The first-order valence-corrected chi connectivity index (χ1v) is 7.53. The standard InChI is InChI=1S/C17H18N4O2/c22-17(14-7-8-15-16(11-14)20-21-19-15)18-9-4-10-23-12-13-5-2-1-3-6-13/h1-3,5-8,11H,4,9-10,12H2,(H,18,22)(H,19,20,21). The second kappa shape index (κ2) is 7.51. The van der Waals surface area contributed by atoms with Gasteiger partial charge in [0.25, 0.3) is 5.91 Å². The van der Waals surface area contributed by atoms with Crippen LogP contribution in [0.5, 0.6) is 0 Å². The van der Waals surface area contributed by atoms with Crippen molar-refractivity contribution in [1.82, 2.24) is 20.7 Å². The summed E-state index contributed by atoms with van der Waals surface area (Å²) in [5.41, 5.74) is 3.16. The lowest BCUT2D eigenvalue weighted by molar-refractivity contribution is 0.0934. The number of ether oxygens (including phenoxy) is 1. The van der Waals surface area contributed by atoms with Gasteiger partial charge in [-0.05, 0) is 30.2 Å². The molecule has 1 amide bonds. The van der Waals surface area contributed by atoms with Crippen molar-refractivity contribution in [2.45, 2.75) is 13.0 Å². The van der Waals surface area contributed by atoms with Crippen LogP contribution in [0, 0.1) is 0 Å². The van der Waals surface area contributed by atoms with Gasteiger partial charge in [-0.15, -0.1) is 0 Å². The van der Waals surface area contributed by atoms with Gasteiger partial charge in [0.15, 0.2) is 0 Å². The molecule has 0 fully saturated rings. The van der Waals surface area contributed by atoms with Gasteiger partial charge in [-0.2, -0.15) is 15.4 Å². The molecule has 6 heteroatoms. The first-order chi connectivity index (χ1) is 11.3. The SMILES string of the molecule is O=C(NCCCOCc1ccccc1)c1ccc2n[nH]nc2c1. The number of nitrogens with zero attached hydrogens (tertiary/aromatic N) is 2. The maximum atomic E-state index is 12.1. The van der Waals surface area contributed by atoms with Crippen molar-refractivity contribution in [1.29, 1.82) is 0 Å². The van der Waals surface area contributed by atoms with Gasteiger partial charge in [0.1, 0.15) is 11.0 Å².